The molecule has 1 aromatic carbocycles. The number of phenolic OH excluding ortho intramolecular Hbond substituents is 1. The fourth-order valence-corrected chi connectivity index (χ4v) is 4.85. The van der Waals surface area contributed by atoms with Crippen molar-refractivity contribution in [1.82, 2.24) is 4.90 Å². The molecule has 1 amide bonds. The van der Waals surface area contributed by atoms with E-state index in [0.29, 0.717) is 0 Å². The number of nitrogens with zero attached hydrogens (tertiary/aromatic N) is 1. The molecule has 0 spiro atoms. The summed E-state index contributed by atoms with van der Waals surface area (Å²) in [6.45, 7) is 0. The van der Waals surface area contributed by atoms with E-state index in [4.69, 9.17) is 5.73 Å². The summed E-state index contributed by atoms with van der Waals surface area (Å²) in [7, 11) is 2.93. The molecule has 1 aromatic rings. The first-order valence-corrected chi connectivity index (χ1v) is 9.36. The van der Waals surface area contributed by atoms with Gasteiger partial charge in [0.1, 0.15) is 22.8 Å². The maximum Gasteiger partial charge on any atom is 0.255 e. The number of ketones is 2. The number of fused-ring (bicyclic) bond motifs is 3. The average molecular weight is 431 g/mol. The first-order valence-electron chi connectivity index (χ1n) is 9.36. The molecule has 2 aliphatic carbocycles. The van der Waals surface area contributed by atoms with Crippen molar-refractivity contribution in [3.05, 3.63) is 46.4 Å². The van der Waals surface area contributed by atoms with Gasteiger partial charge in [0.25, 0.3) is 5.91 Å². The molecule has 4 rings (SSSR count). The Morgan fingerprint density at radius 1 is 1.19 bits per heavy atom. The summed E-state index contributed by atoms with van der Waals surface area (Å²) in [6.07, 6.45) is -1.68. The van der Waals surface area contributed by atoms with Crippen LogP contribution in [0.25, 0.3) is 0 Å². The first-order chi connectivity index (χ1) is 14.4. The fourth-order valence-electron chi connectivity index (χ4n) is 4.85. The number of aliphatic hydroxyl groups excluding tert-OH is 3. The molecule has 0 saturated carbocycles. The highest BCUT2D eigenvalue weighted by Gasteiger charge is 2.66. The van der Waals surface area contributed by atoms with Crippen LogP contribution in [0.4, 0.5) is 5.69 Å². The molecule has 164 valence electrons. The van der Waals surface area contributed by atoms with E-state index in [1.807, 2.05) is 0 Å². The van der Waals surface area contributed by atoms with Crippen LogP contribution >= 0.6 is 0 Å². The Labute approximate surface area is 175 Å². The van der Waals surface area contributed by atoms with Crippen molar-refractivity contribution in [2.24, 2.45) is 11.7 Å². The third kappa shape index (κ3) is 2.48. The second kappa shape index (κ2) is 6.54. The van der Waals surface area contributed by atoms with Crippen LogP contribution in [-0.4, -0.2) is 85.8 Å². The third-order valence-electron chi connectivity index (χ3n) is 6.20. The zero-order valence-corrected chi connectivity index (χ0v) is 16.5. The number of hydrogen-bond acceptors (Lipinski definition) is 10. The van der Waals surface area contributed by atoms with Crippen molar-refractivity contribution in [2.75, 3.05) is 19.4 Å². The van der Waals surface area contributed by atoms with E-state index in [1.54, 1.807) is 0 Å². The second-order valence-corrected chi connectivity index (χ2v) is 8.06. The summed E-state index contributed by atoms with van der Waals surface area (Å²) in [6, 6.07) is 1.62. The standard InChI is InChI=1S/C20H21N3O8/c1-23(2)13-11-16(27)12-9(14(25)8-6(22-12)4-3-5-7(8)24)17(28)20(11,31)18(29)10(15(13)26)19(21)30/h3-5,11-13,16,22,24,26-28,31H,1-2H3,(H2,21,30)/t11-,12-,13+,16-,20+/m1/s1. The van der Waals surface area contributed by atoms with Gasteiger partial charge in [-0.15, -0.1) is 0 Å². The number of rotatable bonds is 2. The number of Topliss-reactive ketones (excluding diaryl/α,β-unsaturated/α-hetero) is 2. The van der Waals surface area contributed by atoms with Crippen molar-refractivity contribution in [2.45, 2.75) is 23.8 Å². The van der Waals surface area contributed by atoms with Gasteiger partial charge in [-0.1, -0.05) is 6.07 Å². The molecule has 3 aliphatic rings. The van der Waals surface area contributed by atoms with Gasteiger partial charge in [-0.3, -0.25) is 19.3 Å². The van der Waals surface area contributed by atoms with Crippen LogP contribution in [0.3, 0.4) is 0 Å². The Balaban J connectivity index is 2.02. The lowest BCUT2D eigenvalue weighted by atomic mass is 9.60. The van der Waals surface area contributed by atoms with E-state index in [1.165, 1.54) is 37.2 Å². The maximum absolute atomic E-state index is 13.1. The lowest BCUT2D eigenvalue weighted by Crippen LogP contribution is -2.70. The molecule has 1 heterocycles. The molecule has 0 radical (unpaired) electrons. The van der Waals surface area contributed by atoms with Crippen LogP contribution in [0, 0.1) is 5.92 Å². The number of anilines is 1. The number of amides is 1. The number of likely N-dealkylation sites (N-methyl/N-ethyl adjacent to an activating group) is 1. The molecule has 1 aliphatic heterocycles. The fraction of sp³-hybridized carbons (Fsp3) is 0.350. The minimum atomic E-state index is -2.92. The molecule has 11 heteroatoms. The lowest BCUT2D eigenvalue weighted by Gasteiger charge is -2.52. The predicted octanol–water partition coefficient (Wildman–Crippen LogP) is -1.29. The van der Waals surface area contributed by atoms with Crippen LogP contribution in [0.1, 0.15) is 10.4 Å². The molecule has 0 bridgehead atoms. The summed E-state index contributed by atoms with van der Waals surface area (Å²) in [5, 5.41) is 57.1. The summed E-state index contributed by atoms with van der Waals surface area (Å²) in [5.74, 6) is -7.49. The van der Waals surface area contributed by atoms with Crippen molar-refractivity contribution >= 4 is 23.2 Å². The number of carbonyl (C=O) groups is 3. The molecule has 8 N–H and O–H groups in total. The minimum absolute atomic E-state index is 0.178. The summed E-state index contributed by atoms with van der Waals surface area (Å²) >= 11 is 0. The maximum atomic E-state index is 13.1. The number of aliphatic hydroxyl groups is 4. The summed E-state index contributed by atoms with van der Waals surface area (Å²) < 4.78 is 0. The number of benzene rings is 1. The minimum Gasteiger partial charge on any atom is -0.510 e. The Morgan fingerprint density at radius 3 is 2.42 bits per heavy atom. The summed E-state index contributed by atoms with van der Waals surface area (Å²) in [4.78, 5) is 39.4. The summed E-state index contributed by atoms with van der Waals surface area (Å²) in [5.41, 5.74) is 0.812. The van der Waals surface area contributed by atoms with Gasteiger partial charge in [-0.2, -0.15) is 0 Å². The number of hydrogen-bond donors (Lipinski definition) is 7. The topological polar surface area (TPSA) is 194 Å². The van der Waals surface area contributed by atoms with Gasteiger partial charge in [0, 0.05) is 5.69 Å². The Bertz CT molecular complexity index is 1110. The zero-order chi connectivity index (χ0) is 23.0. The van der Waals surface area contributed by atoms with E-state index in [2.05, 4.69) is 5.32 Å². The molecule has 31 heavy (non-hydrogen) atoms. The zero-order valence-electron chi connectivity index (χ0n) is 16.5. The number of nitrogens with two attached hydrogens (primary N) is 1. The van der Waals surface area contributed by atoms with Crippen LogP contribution < -0.4 is 11.1 Å². The van der Waals surface area contributed by atoms with Gasteiger partial charge in [0.15, 0.2) is 11.4 Å². The van der Waals surface area contributed by atoms with Crippen molar-refractivity contribution in [1.29, 1.82) is 0 Å². The van der Waals surface area contributed by atoms with Crippen LogP contribution in [0.2, 0.25) is 0 Å². The molecule has 0 fully saturated rings. The number of phenols is 1. The Morgan fingerprint density at radius 2 is 1.84 bits per heavy atom. The van der Waals surface area contributed by atoms with Gasteiger partial charge in [-0.05, 0) is 26.2 Å². The number of carbonyl (C=O) groups excluding carboxylic acids is 3. The van der Waals surface area contributed by atoms with Crippen LogP contribution in [0.5, 0.6) is 5.75 Å². The van der Waals surface area contributed by atoms with Crippen LogP contribution in [-0.2, 0) is 9.59 Å². The molecule has 5 atom stereocenters. The number of primary amides is 1. The van der Waals surface area contributed by atoms with Crippen molar-refractivity contribution in [3.63, 3.8) is 0 Å². The first kappa shape index (κ1) is 20.8. The second-order valence-electron chi connectivity index (χ2n) is 8.06. The SMILES string of the molecule is CN(C)[C@@H]1C(O)=C(C(N)=O)C(=O)[C@@]2(O)C(O)=C3C(=O)c4c(O)cccc4N[C@H]3[C@H](O)[C@@H]12. The normalized spacial score (nSPS) is 32.4. The van der Waals surface area contributed by atoms with Gasteiger partial charge in [0.05, 0.1) is 35.2 Å². The quantitative estimate of drug-likeness (QED) is 0.277. The van der Waals surface area contributed by atoms with E-state index in [9.17, 15) is 39.9 Å². The Hall–Kier alpha value is -3.41. The highest BCUT2D eigenvalue weighted by atomic mass is 16.4. The van der Waals surface area contributed by atoms with Gasteiger partial charge >= 0.3 is 0 Å². The number of aromatic hydroxyl groups is 1. The molecule has 0 saturated heterocycles. The van der Waals surface area contributed by atoms with E-state index >= 15 is 0 Å². The monoisotopic (exact) mass is 431 g/mol. The van der Waals surface area contributed by atoms with Crippen molar-refractivity contribution < 1.29 is 39.9 Å². The smallest absolute Gasteiger partial charge is 0.255 e. The van der Waals surface area contributed by atoms with E-state index in [0.717, 1.165) is 0 Å². The lowest BCUT2D eigenvalue weighted by molar-refractivity contribution is -0.157. The molecule has 0 unspecified atom stereocenters. The third-order valence-corrected chi connectivity index (χ3v) is 6.20. The van der Waals surface area contributed by atoms with Crippen molar-refractivity contribution in [3.8, 4) is 5.75 Å². The largest absolute Gasteiger partial charge is 0.510 e. The van der Waals surface area contributed by atoms with E-state index < -0.39 is 75.6 Å². The highest BCUT2D eigenvalue weighted by Crippen LogP contribution is 2.50. The highest BCUT2D eigenvalue weighted by molar-refractivity contribution is 6.25. The molecular formula is C20H21N3O8. The Kier molecular flexibility index (Phi) is 4.40. The van der Waals surface area contributed by atoms with Crippen LogP contribution in [0.15, 0.2) is 40.9 Å². The van der Waals surface area contributed by atoms with Gasteiger partial charge in [-0.25, -0.2) is 0 Å². The predicted molar refractivity (Wildman–Crippen MR) is 105 cm³/mol. The number of nitrogens with one attached hydrogen (secondary N) is 1. The van der Waals surface area contributed by atoms with Gasteiger partial charge < -0.3 is 36.6 Å². The molecule has 0 aromatic heterocycles. The molecular weight excluding hydrogens is 410 g/mol. The van der Waals surface area contributed by atoms with Gasteiger partial charge in [0.2, 0.25) is 5.78 Å². The molecule has 11 nitrogen and oxygen atoms in total. The average Bonchev–Trinajstić information content (AvgIpc) is 2.67. The van der Waals surface area contributed by atoms with E-state index in [-0.39, 0.29) is 11.3 Å².